The van der Waals surface area contributed by atoms with Crippen LogP contribution in [0.1, 0.15) is 24.2 Å². The number of morpholine rings is 2. The van der Waals surface area contributed by atoms with Crippen molar-refractivity contribution in [2.75, 3.05) is 62.9 Å². The number of aromatic nitrogens is 3. The highest BCUT2D eigenvalue weighted by Crippen LogP contribution is 2.31. The molecule has 0 unspecified atom stereocenters. The number of fused-ring (bicyclic) bond motifs is 1. The largest absolute Gasteiger partial charge is 0.377 e. The number of hydrogen-bond acceptors (Lipinski definition) is 8. The molecule has 0 aliphatic carbocycles. The van der Waals surface area contributed by atoms with E-state index in [1.54, 1.807) is 25.3 Å². The highest BCUT2D eigenvalue weighted by molar-refractivity contribution is 5.96. The van der Waals surface area contributed by atoms with Gasteiger partial charge >= 0.3 is 0 Å². The van der Waals surface area contributed by atoms with Crippen molar-refractivity contribution in [2.24, 2.45) is 0 Å². The van der Waals surface area contributed by atoms with Crippen LogP contribution in [0.2, 0.25) is 0 Å². The van der Waals surface area contributed by atoms with Crippen molar-refractivity contribution in [3.05, 3.63) is 54.4 Å². The lowest BCUT2D eigenvalue weighted by atomic mass is 10.1. The number of ether oxygens (including phenoxy) is 2. The zero-order valence-corrected chi connectivity index (χ0v) is 22.1. The Hall–Kier alpha value is -3.63. The van der Waals surface area contributed by atoms with Gasteiger partial charge in [0.2, 0.25) is 5.95 Å². The van der Waals surface area contributed by atoms with Crippen molar-refractivity contribution in [3.63, 3.8) is 0 Å². The van der Waals surface area contributed by atoms with Gasteiger partial charge in [0, 0.05) is 32.2 Å². The number of nitrogens with zero attached hydrogens (tertiary/aromatic N) is 6. The first-order valence-corrected chi connectivity index (χ1v) is 12.9. The van der Waals surface area contributed by atoms with Crippen molar-refractivity contribution in [1.82, 2.24) is 19.9 Å². The van der Waals surface area contributed by atoms with Gasteiger partial charge in [-0.1, -0.05) is 6.08 Å². The Labute approximate surface area is 221 Å². The molecule has 2 aliphatic heterocycles. The predicted molar refractivity (Wildman–Crippen MR) is 145 cm³/mol. The molecule has 200 valence electrons. The number of amides is 1. The molecule has 0 saturated carbocycles. The van der Waals surface area contributed by atoms with Crippen LogP contribution in [0.3, 0.4) is 0 Å². The van der Waals surface area contributed by atoms with Crippen molar-refractivity contribution in [2.45, 2.75) is 25.9 Å². The first-order valence-electron chi connectivity index (χ1n) is 12.9. The molecular weight excluding hydrogens is 487 g/mol. The molecule has 0 bridgehead atoms. The summed E-state index contributed by atoms with van der Waals surface area (Å²) in [5.41, 5.74) is 1.76. The maximum Gasteiger partial charge on any atom is 0.256 e. The number of halogens is 1. The van der Waals surface area contributed by atoms with Crippen LogP contribution in [-0.4, -0.2) is 91.0 Å². The Morgan fingerprint density at radius 1 is 1.08 bits per heavy atom. The van der Waals surface area contributed by atoms with Crippen molar-refractivity contribution >= 4 is 28.7 Å². The van der Waals surface area contributed by atoms with E-state index in [-0.39, 0.29) is 17.6 Å². The summed E-state index contributed by atoms with van der Waals surface area (Å²) in [5.74, 6) is 0.428. The fourth-order valence-corrected chi connectivity index (χ4v) is 4.89. The SMILES string of the molecule is C=CCN(C)C(=O)c1cc(-c2ccc3c(N4CCOC[C@@H]4C)nc(N4CCOC[C@@H]4C)nc3n2)ccc1F. The molecule has 4 heterocycles. The fourth-order valence-electron chi connectivity index (χ4n) is 4.89. The second-order valence-electron chi connectivity index (χ2n) is 9.82. The number of benzene rings is 1. The molecule has 0 N–H and O–H groups in total. The van der Waals surface area contributed by atoms with E-state index in [0.717, 1.165) is 17.7 Å². The summed E-state index contributed by atoms with van der Waals surface area (Å²) in [6.07, 6.45) is 1.60. The molecule has 0 radical (unpaired) electrons. The topological polar surface area (TPSA) is 83.9 Å². The van der Waals surface area contributed by atoms with Crippen LogP contribution in [-0.2, 0) is 9.47 Å². The van der Waals surface area contributed by atoms with Gasteiger partial charge in [0.15, 0.2) is 5.65 Å². The van der Waals surface area contributed by atoms with E-state index < -0.39 is 11.7 Å². The maximum absolute atomic E-state index is 14.6. The molecule has 2 saturated heterocycles. The van der Waals surface area contributed by atoms with E-state index in [2.05, 4.69) is 30.2 Å². The van der Waals surface area contributed by atoms with Crippen LogP contribution >= 0.6 is 0 Å². The summed E-state index contributed by atoms with van der Waals surface area (Å²) in [4.78, 5) is 33.4. The summed E-state index contributed by atoms with van der Waals surface area (Å²) in [5, 5.41) is 0.830. The van der Waals surface area contributed by atoms with Gasteiger partial charge in [-0.3, -0.25) is 4.79 Å². The summed E-state index contributed by atoms with van der Waals surface area (Å²) < 4.78 is 25.9. The lowest BCUT2D eigenvalue weighted by Crippen LogP contribution is -2.46. The van der Waals surface area contributed by atoms with Gasteiger partial charge in [-0.25, -0.2) is 9.37 Å². The highest BCUT2D eigenvalue weighted by atomic mass is 19.1. The smallest absolute Gasteiger partial charge is 0.256 e. The van der Waals surface area contributed by atoms with Gasteiger partial charge in [-0.2, -0.15) is 9.97 Å². The molecule has 0 spiro atoms. The second kappa shape index (κ2) is 11.0. The number of carbonyl (C=O) groups excluding carboxylic acids is 1. The van der Waals surface area contributed by atoms with E-state index in [9.17, 15) is 9.18 Å². The quantitative estimate of drug-likeness (QED) is 0.457. The highest BCUT2D eigenvalue weighted by Gasteiger charge is 2.27. The van der Waals surface area contributed by atoms with Crippen LogP contribution in [0.4, 0.5) is 16.2 Å². The third-order valence-electron chi connectivity index (χ3n) is 7.03. The fraction of sp³-hybridized carbons (Fsp3) is 0.429. The molecule has 3 aromatic rings. The molecule has 2 aliphatic rings. The molecule has 10 heteroatoms. The number of anilines is 2. The third kappa shape index (κ3) is 5.06. The molecule has 2 fully saturated rings. The van der Waals surface area contributed by atoms with E-state index in [0.29, 0.717) is 62.4 Å². The van der Waals surface area contributed by atoms with Crippen LogP contribution < -0.4 is 9.80 Å². The van der Waals surface area contributed by atoms with E-state index in [1.807, 2.05) is 12.1 Å². The maximum atomic E-state index is 14.6. The van der Waals surface area contributed by atoms with E-state index in [1.165, 1.54) is 11.0 Å². The first kappa shape index (κ1) is 26.0. The van der Waals surface area contributed by atoms with Gasteiger partial charge in [0.25, 0.3) is 5.91 Å². The zero-order chi connectivity index (χ0) is 26.8. The molecule has 2 aromatic heterocycles. The predicted octanol–water partition coefficient (Wildman–Crippen LogP) is 3.54. The number of likely N-dealkylation sites (N-methyl/N-ethyl adjacent to an activating group) is 1. The lowest BCUT2D eigenvalue weighted by molar-refractivity contribution is 0.0805. The van der Waals surface area contributed by atoms with Gasteiger partial charge in [0.1, 0.15) is 11.6 Å². The molecule has 38 heavy (non-hydrogen) atoms. The third-order valence-corrected chi connectivity index (χ3v) is 7.03. The van der Waals surface area contributed by atoms with E-state index in [4.69, 9.17) is 24.4 Å². The normalized spacial score (nSPS) is 20.0. The molecule has 2 atom stereocenters. The molecule has 5 rings (SSSR count). The minimum absolute atomic E-state index is 0.0119. The van der Waals surface area contributed by atoms with Gasteiger partial charge in [-0.15, -0.1) is 6.58 Å². The van der Waals surface area contributed by atoms with Crippen LogP contribution in [0, 0.1) is 5.82 Å². The second-order valence-corrected chi connectivity index (χ2v) is 9.82. The zero-order valence-electron chi connectivity index (χ0n) is 22.1. The average molecular weight is 521 g/mol. The minimum atomic E-state index is -0.579. The summed E-state index contributed by atoms with van der Waals surface area (Å²) in [7, 11) is 1.61. The van der Waals surface area contributed by atoms with Gasteiger partial charge in [-0.05, 0) is 44.2 Å². The molecule has 9 nitrogen and oxygen atoms in total. The minimum Gasteiger partial charge on any atom is -0.377 e. The Bertz CT molecular complexity index is 1350. The van der Waals surface area contributed by atoms with Crippen LogP contribution in [0.5, 0.6) is 0 Å². The van der Waals surface area contributed by atoms with Crippen molar-refractivity contribution in [3.8, 4) is 11.3 Å². The Morgan fingerprint density at radius 3 is 2.47 bits per heavy atom. The molecular formula is C28H33FN6O3. The van der Waals surface area contributed by atoms with Gasteiger partial charge < -0.3 is 24.2 Å². The standard InChI is InChI=1S/C28H33FN6O3/c1-5-10-33(4)27(36)22-15-20(6-8-23(22)29)24-9-7-21-25(30-24)31-28(35-12-14-38-17-19(35)3)32-26(21)34-11-13-37-16-18(34)2/h5-9,15,18-19H,1,10-14,16-17H2,2-4H3/t18-,19-/m0/s1. The average Bonchev–Trinajstić information content (AvgIpc) is 2.93. The van der Waals surface area contributed by atoms with Gasteiger partial charge in [0.05, 0.1) is 55.2 Å². The lowest BCUT2D eigenvalue weighted by Gasteiger charge is -2.37. The van der Waals surface area contributed by atoms with Crippen LogP contribution in [0.15, 0.2) is 43.0 Å². The van der Waals surface area contributed by atoms with Crippen molar-refractivity contribution < 1.29 is 18.7 Å². The number of carbonyl (C=O) groups is 1. The number of pyridine rings is 1. The molecule has 1 aromatic carbocycles. The molecule has 1 amide bonds. The Balaban J connectivity index is 1.61. The van der Waals surface area contributed by atoms with E-state index >= 15 is 0 Å². The summed E-state index contributed by atoms with van der Waals surface area (Å²) >= 11 is 0. The monoisotopic (exact) mass is 520 g/mol. The first-order chi connectivity index (χ1) is 18.4. The number of rotatable bonds is 6. The summed E-state index contributed by atoms with van der Waals surface area (Å²) in [6.45, 7) is 12.0. The van der Waals surface area contributed by atoms with Crippen LogP contribution in [0.25, 0.3) is 22.3 Å². The number of hydrogen-bond donors (Lipinski definition) is 0. The Kier molecular flexibility index (Phi) is 7.53. The summed E-state index contributed by atoms with van der Waals surface area (Å²) in [6, 6.07) is 8.57. The van der Waals surface area contributed by atoms with Crippen molar-refractivity contribution in [1.29, 1.82) is 0 Å². The Morgan fingerprint density at radius 2 is 1.79 bits per heavy atom.